The van der Waals surface area contributed by atoms with Gasteiger partial charge in [-0.2, -0.15) is 0 Å². The molecule has 0 aliphatic carbocycles. The molecule has 4 heteroatoms. The fraction of sp³-hybridized carbons (Fsp3) is 0.250. The molecule has 0 saturated carbocycles. The summed E-state index contributed by atoms with van der Waals surface area (Å²) < 4.78 is 1.43. The van der Waals surface area contributed by atoms with Crippen LogP contribution >= 0.6 is 0 Å². The number of hydrogen-bond acceptors (Lipinski definition) is 2. The van der Waals surface area contributed by atoms with Crippen LogP contribution in [0.3, 0.4) is 0 Å². The van der Waals surface area contributed by atoms with Gasteiger partial charge in [-0.15, -0.1) is 0 Å². The van der Waals surface area contributed by atoms with Gasteiger partial charge in [-0.25, -0.2) is 9.50 Å². The van der Waals surface area contributed by atoms with E-state index in [1.165, 1.54) is 10.8 Å². The molecule has 0 aromatic carbocycles. The first-order chi connectivity index (χ1) is 5.70. The summed E-state index contributed by atoms with van der Waals surface area (Å²) in [6, 6.07) is 1.88. The Bertz CT molecular complexity index is 480. The summed E-state index contributed by atoms with van der Waals surface area (Å²) in [5.41, 5.74) is 2.38. The number of pyridine rings is 1. The molecule has 0 spiro atoms. The van der Waals surface area contributed by atoms with Crippen molar-refractivity contribution in [2.75, 3.05) is 0 Å². The Kier molecular flexibility index (Phi) is 1.30. The van der Waals surface area contributed by atoms with Crippen molar-refractivity contribution in [1.29, 1.82) is 0 Å². The lowest BCUT2D eigenvalue weighted by molar-refractivity contribution is 0.902. The molecule has 0 saturated heterocycles. The van der Waals surface area contributed by atoms with Crippen LogP contribution < -0.4 is 5.56 Å². The second-order valence-electron chi connectivity index (χ2n) is 2.84. The Labute approximate surface area is 68.8 Å². The van der Waals surface area contributed by atoms with Gasteiger partial charge in [0, 0.05) is 5.56 Å². The highest BCUT2D eigenvalue weighted by Crippen LogP contribution is 2.02. The van der Waals surface area contributed by atoms with Gasteiger partial charge in [0.05, 0.1) is 0 Å². The maximum atomic E-state index is 11.5. The molecule has 0 amide bonds. The summed E-state index contributed by atoms with van der Waals surface area (Å²) in [5.74, 6) is 0. The minimum absolute atomic E-state index is 0.0255. The summed E-state index contributed by atoms with van der Waals surface area (Å²) >= 11 is 0. The van der Waals surface area contributed by atoms with Gasteiger partial charge in [0.1, 0.15) is 6.33 Å². The SMILES string of the molecule is Cc1cc2nc[nH]n2c(=O)c1C. The Hall–Kier alpha value is -1.58. The average molecular weight is 163 g/mol. The second kappa shape index (κ2) is 2.20. The van der Waals surface area contributed by atoms with Crippen LogP contribution in [0.15, 0.2) is 17.2 Å². The number of nitrogens with zero attached hydrogens (tertiary/aromatic N) is 2. The van der Waals surface area contributed by atoms with E-state index < -0.39 is 0 Å². The molecule has 4 nitrogen and oxygen atoms in total. The first kappa shape index (κ1) is 7.09. The largest absolute Gasteiger partial charge is 0.279 e. The minimum atomic E-state index is -0.0255. The van der Waals surface area contributed by atoms with Crippen LogP contribution in [-0.2, 0) is 0 Å². The molecule has 2 aromatic heterocycles. The predicted molar refractivity (Wildman–Crippen MR) is 45.3 cm³/mol. The van der Waals surface area contributed by atoms with Gasteiger partial charge < -0.3 is 0 Å². The van der Waals surface area contributed by atoms with Gasteiger partial charge in [-0.3, -0.25) is 9.89 Å². The first-order valence-electron chi connectivity index (χ1n) is 3.72. The van der Waals surface area contributed by atoms with Crippen LogP contribution in [0.4, 0.5) is 0 Å². The number of aromatic nitrogens is 3. The number of hydrogen-bond donors (Lipinski definition) is 1. The van der Waals surface area contributed by atoms with Gasteiger partial charge >= 0.3 is 0 Å². The van der Waals surface area contributed by atoms with Crippen molar-refractivity contribution in [2.24, 2.45) is 0 Å². The fourth-order valence-corrected chi connectivity index (χ4v) is 1.18. The van der Waals surface area contributed by atoms with Crippen LogP contribution in [0.25, 0.3) is 5.65 Å². The highest BCUT2D eigenvalue weighted by Gasteiger charge is 2.03. The maximum Gasteiger partial charge on any atom is 0.274 e. The van der Waals surface area contributed by atoms with Crippen molar-refractivity contribution in [3.05, 3.63) is 33.9 Å². The molecule has 0 aliphatic rings. The van der Waals surface area contributed by atoms with Crippen molar-refractivity contribution in [1.82, 2.24) is 14.6 Å². The van der Waals surface area contributed by atoms with E-state index >= 15 is 0 Å². The lowest BCUT2D eigenvalue weighted by atomic mass is 10.2. The van der Waals surface area contributed by atoms with Gasteiger partial charge in [-0.05, 0) is 25.5 Å². The Morgan fingerprint density at radius 1 is 1.50 bits per heavy atom. The molecule has 0 bridgehead atoms. The summed E-state index contributed by atoms with van der Waals surface area (Å²) in [4.78, 5) is 15.5. The van der Waals surface area contributed by atoms with Crippen molar-refractivity contribution in [2.45, 2.75) is 13.8 Å². The van der Waals surface area contributed by atoms with Crippen LogP contribution in [0.1, 0.15) is 11.1 Å². The third kappa shape index (κ3) is 0.777. The van der Waals surface area contributed by atoms with Crippen molar-refractivity contribution in [3.63, 3.8) is 0 Å². The third-order valence-corrected chi connectivity index (χ3v) is 2.07. The van der Waals surface area contributed by atoms with E-state index in [2.05, 4.69) is 10.1 Å². The number of nitrogens with one attached hydrogen (secondary N) is 1. The zero-order valence-corrected chi connectivity index (χ0v) is 6.96. The zero-order valence-electron chi connectivity index (χ0n) is 6.96. The van der Waals surface area contributed by atoms with Gasteiger partial charge in [0.2, 0.25) is 0 Å². The smallest absolute Gasteiger partial charge is 0.274 e. The third-order valence-electron chi connectivity index (χ3n) is 2.07. The topological polar surface area (TPSA) is 50.2 Å². The normalized spacial score (nSPS) is 10.8. The average Bonchev–Trinajstić information content (AvgIpc) is 2.48. The highest BCUT2D eigenvalue weighted by molar-refractivity contribution is 5.41. The Morgan fingerprint density at radius 2 is 2.25 bits per heavy atom. The highest BCUT2D eigenvalue weighted by atomic mass is 16.1. The molecule has 12 heavy (non-hydrogen) atoms. The molecule has 0 radical (unpaired) electrons. The molecule has 2 aromatic rings. The van der Waals surface area contributed by atoms with E-state index in [4.69, 9.17) is 0 Å². The quantitative estimate of drug-likeness (QED) is 0.619. The van der Waals surface area contributed by atoms with Crippen LogP contribution in [0.2, 0.25) is 0 Å². The van der Waals surface area contributed by atoms with E-state index in [0.29, 0.717) is 5.65 Å². The fourth-order valence-electron chi connectivity index (χ4n) is 1.18. The molecular weight excluding hydrogens is 154 g/mol. The molecule has 0 fully saturated rings. The Balaban J connectivity index is 3.05. The first-order valence-corrected chi connectivity index (χ1v) is 3.72. The van der Waals surface area contributed by atoms with Crippen LogP contribution in [0.5, 0.6) is 0 Å². The van der Waals surface area contributed by atoms with Crippen LogP contribution in [-0.4, -0.2) is 14.6 Å². The molecule has 0 unspecified atom stereocenters. The monoisotopic (exact) mass is 163 g/mol. The van der Waals surface area contributed by atoms with Crippen molar-refractivity contribution >= 4 is 5.65 Å². The summed E-state index contributed by atoms with van der Waals surface area (Å²) in [7, 11) is 0. The summed E-state index contributed by atoms with van der Waals surface area (Å²) in [5, 5.41) is 2.75. The van der Waals surface area contributed by atoms with Crippen LogP contribution in [0, 0.1) is 13.8 Å². The van der Waals surface area contributed by atoms with Crippen molar-refractivity contribution in [3.8, 4) is 0 Å². The molecular formula is C8H9N3O. The molecule has 0 atom stereocenters. The van der Waals surface area contributed by atoms with E-state index in [9.17, 15) is 4.79 Å². The lowest BCUT2D eigenvalue weighted by Gasteiger charge is -1.98. The molecule has 0 aliphatic heterocycles. The van der Waals surface area contributed by atoms with Gasteiger partial charge in [-0.1, -0.05) is 0 Å². The number of aromatic amines is 1. The molecule has 2 rings (SSSR count). The van der Waals surface area contributed by atoms with E-state index in [1.54, 1.807) is 0 Å². The number of H-pyrrole nitrogens is 1. The molecule has 1 N–H and O–H groups in total. The standard InChI is InChI=1S/C8H9N3O/c1-5-3-7-9-4-10-11(7)8(12)6(5)2/h3-4H,1-2H3,(H,9,10). The second-order valence-corrected chi connectivity index (χ2v) is 2.84. The summed E-state index contributed by atoms with van der Waals surface area (Å²) in [6.45, 7) is 3.72. The molecule has 2 heterocycles. The maximum absolute atomic E-state index is 11.5. The van der Waals surface area contributed by atoms with Gasteiger partial charge in [0.25, 0.3) is 5.56 Å². The van der Waals surface area contributed by atoms with E-state index in [-0.39, 0.29) is 5.56 Å². The van der Waals surface area contributed by atoms with E-state index in [0.717, 1.165) is 11.1 Å². The lowest BCUT2D eigenvalue weighted by Crippen LogP contribution is -2.17. The van der Waals surface area contributed by atoms with Gasteiger partial charge in [0.15, 0.2) is 5.65 Å². The summed E-state index contributed by atoms with van der Waals surface area (Å²) in [6.07, 6.45) is 1.51. The predicted octanol–water partition coefficient (Wildman–Crippen LogP) is 0.639. The number of aryl methyl sites for hydroxylation is 1. The molecule has 62 valence electrons. The van der Waals surface area contributed by atoms with E-state index in [1.807, 2.05) is 19.9 Å². The minimum Gasteiger partial charge on any atom is -0.279 e. The number of rotatable bonds is 0. The zero-order chi connectivity index (χ0) is 8.72. The number of fused-ring (bicyclic) bond motifs is 1. The Morgan fingerprint density at radius 3 is 3.00 bits per heavy atom. The van der Waals surface area contributed by atoms with Crippen molar-refractivity contribution < 1.29 is 0 Å².